The highest BCUT2D eigenvalue weighted by Crippen LogP contribution is 2.26. The summed E-state index contributed by atoms with van der Waals surface area (Å²) in [7, 11) is -3.76. The van der Waals surface area contributed by atoms with Crippen molar-refractivity contribution in [1.82, 2.24) is 4.72 Å². The molecule has 0 amide bonds. The SMILES string of the molecule is CC(C)(C)NS(=O)(=O)c1ccc(NC2CCCCC2)c(C(=O)O)c1. The number of nitrogens with one attached hydrogen (secondary N) is 2. The summed E-state index contributed by atoms with van der Waals surface area (Å²) >= 11 is 0. The van der Waals surface area contributed by atoms with Gasteiger partial charge in [-0.25, -0.2) is 17.9 Å². The average molecular weight is 354 g/mol. The van der Waals surface area contributed by atoms with Crippen molar-refractivity contribution in [2.45, 2.75) is 69.4 Å². The minimum Gasteiger partial charge on any atom is -0.478 e. The molecular weight excluding hydrogens is 328 g/mol. The minimum absolute atomic E-state index is 0.0163. The number of benzene rings is 1. The van der Waals surface area contributed by atoms with Gasteiger partial charge in [-0.1, -0.05) is 19.3 Å². The van der Waals surface area contributed by atoms with Gasteiger partial charge in [-0.2, -0.15) is 0 Å². The van der Waals surface area contributed by atoms with Gasteiger partial charge in [0.1, 0.15) is 0 Å². The molecule has 1 saturated carbocycles. The second kappa shape index (κ2) is 7.11. The highest BCUT2D eigenvalue weighted by atomic mass is 32.2. The van der Waals surface area contributed by atoms with Gasteiger partial charge in [0, 0.05) is 17.3 Å². The molecule has 0 bridgehead atoms. The van der Waals surface area contributed by atoms with E-state index in [-0.39, 0.29) is 16.5 Å². The fourth-order valence-corrected chi connectivity index (χ4v) is 4.37. The predicted octanol–water partition coefficient (Wildman–Crippen LogP) is 3.21. The molecule has 0 saturated heterocycles. The third kappa shape index (κ3) is 4.95. The van der Waals surface area contributed by atoms with Crippen molar-refractivity contribution >= 4 is 21.7 Å². The first kappa shape index (κ1) is 18.7. The van der Waals surface area contributed by atoms with Crippen LogP contribution in [0.3, 0.4) is 0 Å². The molecule has 1 aromatic carbocycles. The van der Waals surface area contributed by atoms with E-state index < -0.39 is 21.5 Å². The third-order valence-corrected chi connectivity index (χ3v) is 5.69. The molecule has 0 aromatic heterocycles. The van der Waals surface area contributed by atoms with Crippen LogP contribution in [0.2, 0.25) is 0 Å². The average Bonchev–Trinajstić information content (AvgIpc) is 2.45. The van der Waals surface area contributed by atoms with Crippen molar-refractivity contribution < 1.29 is 18.3 Å². The van der Waals surface area contributed by atoms with Crippen LogP contribution >= 0.6 is 0 Å². The molecule has 1 aromatic rings. The Balaban J connectivity index is 2.31. The monoisotopic (exact) mass is 354 g/mol. The summed E-state index contributed by atoms with van der Waals surface area (Å²) in [4.78, 5) is 11.5. The molecule has 7 heteroatoms. The Morgan fingerprint density at radius 2 is 1.79 bits per heavy atom. The van der Waals surface area contributed by atoms with Crippen molar-refractivity contribution in [3.05, 3.63) is 23.8 Å². The second-order valence-corrected chi connectivity index (χ2v) is 9.03. The van der Waals surface area contributed by atoms with Crippen LogP contribution < -0.4 is 10.0 Å². The molecule has 0 unspecified atom stereocenters. The van der Waals surface area contributed by atoms with Crippen molar-refractivity contribution in [2.75, 3.05) is 5.32 Å². The number of hydrogen-bond acceptors (Lipinski definition) is 4. The Bertz CT molecular complexity index is 702. The van der Waals surface area contributed by atoms with Crippen LogP contribution in [0.4, 0.5) is 5.69 Å². The van der Waals surface area contributed by atoms with E-state index in [0.717, 1.165) is 25.7 Å². The topological polar surface area (TPSA) is 95.5 Å². The maximum Gasteiger partial charge on any atom is 0.337 e. The van der Waals surface area contributed by atoms with E-state index in [1.54, 1.807) is 26.8 Å². The predicted molar refractivity (Wildman–Crippen MR) is 94.0 cm³/mol. The maximum absolute atomic E-state index is 12.4. The maximum atomic E-state index is 12.4. The number of hydrogen-bond donors (Lipinski definition) is 3. The highest BCUT2D eigenvalue weighted by molar-refractivity contribution is 7.89. The quantitative estimate of drug-likeness (QED) is 0.755. The summed E-state index contributed by atoms with van der Waals surface area (Å²) in [5.74, 6) is -1.14. The lowest BCUT2D eigenvalue weighted by Crippen LogP contribution is -2.40. The number of anilines is 1. The van der Waals surface area contributed by atoms with Crippen LogP contribution in [0, 0.1) is 0 Å². The van der Waals surface area contributed by atoms with Crippen LogP contribution in [-0.2, 0) is 10.0 Å². The van der Waals surface area contributed by atoms with Gasteiger partial charge in [-0.15, -0.1) is 0 Å². The Hall–Kier alpha value is -1.60. The lowest BCUT2D eigenvalue weighted by Gasteiger charge is -2.25. The van der Waals surface area contributed by atoms with Gasteiger partial charge < -0.3 is 10.4 Å². The normalized spacial score (nSPS) is 16.8. The molecule has 1 aliphatic rings. The zero-order valence-electron chi connectivity index (χ0n) is 14.4. The highest BCUT2D eigenvalue weighted by Gasteiger charge is 2.24. The number of rotatable bonds is 5. The third-order valence-electron chi connectivity index (χ3n) is 3.94. The Kier molecular flexibility index (Phi) is 5.55. The lowest BCUT2D eigenvalue weighted by molar-refractivity contribution is 0.0697. The molecule has 6 nitrogen and oxygen atoms in total. The number of carboxylic acid groups (broad SMARTS) is 1. The molecular formula is C17H26N2O4S. The van der Waals surface area contributed by atoms with E-state index in [2.05, 4.69) is 10.0 Å². The van der Waals surface area contributed by atoms with Crippen molar-refractivity contribution in [3.63, 3.8) is 0 Å². The first-order valence-corrected chi connectivity index (χ1v) is 9.75. The van der Waals surface area contributed by atoms with E-state index in [4.69, 9.17) is 0 Å². The fraction of sp³-hybridized carbons (Fsp3) is 0.588. The molecule has 0 heterocycles. The molecule has 0 radical (unpaired) electrons. The van der Waals surface area contributed by atoms with Crippen LogP contribution in [0.5, 0.6) is 0 Å². The zero-order valence-corrected chi connectivity index (χ0v) is 15.2. The van der Waals surface area contributed by atoms with E-state index in [0.29, 0.717) is 5.69 Å². The summed E-state index contributed by atoms with van der Waals surface area (Å²) < 4.78 is 27.3. The van der Waals surface area contributed by atoms with E-state index in [1.807, 2.05) is 0 Å². The minimum atomic E-state index is -3.76. The number of carboxylic acids is 1. The van der Waals surface area contributed by atoms with Gasteiger partial charge in [0.05, 0.1) is 10.5 Å². The summed E-state index contributed by atoms with van der Waals surface area (Å²) in [5, 5.41) is 12.7. The van der Waals surface area contributed by atoms with E-state index in [1.165, 1.54) is 18.6 Å². The van der Waals surface area contributed by atoms with Crippen LogP contribution in [0.1, 0.15) is 63.2 Å². The molecule has 134 valence electrons. The number of carbonyl (C=O) groups is 1. The van der Waals surface area contributed by atoms with Gasteiger partial charge in [0.25, 0.3) is 0 Å². The van der Waals surface area contributed by atoms with Gasteiger partial charge in [-0.05, 0) is 51.8 Å². The molecule has 24 heavy (non-hydrogen) atoms. The van der Waals surface area contributed by atoms with E-state index >= 15 is 0 Å². The largest absolute Gasteiger partial charge is 0.478 e. The van der Waals surface area contributed by atoms with Crippen molar-refractivity contribution in [1.29, 1.82) is 0 Å². The second-order valence-electron chi connectivity index (χ2n) is 7.35. The fourth-order valence-electron chi connectivity index (χ4n) is 2.92. The first-order valence-electron chi connectivity index (χ1n) is 8.26. The lowest BCUT2D eigenvalue weighted by atomic mass is 9.95. The smallest absolute Gasteiger partial charge is 0.337 e. The number of aromatic carboxylic acids is 1. The molecule has 1 aliphatic carbocycles. The van der Waals surface area contributed by atoms with Crippen LogP contribution in [0.25, 0.3) is 0 Å². The summed E-state index contributed by atoms with van der Waals surface area (Å²) in [6.45, 7) is 5.21. The summed E-state index contributed by atoms with van der Waals surface area (Å²) in [6.07, 6.45) is 5.47. The molecule has 0 aliphatic heterocycles. The Morgan fingerprint density at radius 1 is 1.17 bits per heavy atom. The van der Waals surface area contributed by atoms with Gasteiger partial charge in [-0.3, -0.25) is 0 Å². The molecule has 0 atom stereocenters. The van der Waals surface area contributed by atoms with Gasteiger partial charge in [0.15, 0.2) is 0 Å². The van der Waals surface area contributed by atoms with Gasteiger partial charge >= 0.3 is 5.97 Å². The van der Waals surface area contributed by atoms with Crippen LogP contribution in [0.15, 0.2) is 23.1 Å². The zero-order chi connectivity index (χ0) is 18.0. The van der Waals surface area contributed by atoms with Crippen LogP contribution in [-0.4, -0.2) is 31.1 Å². The Labute approximate surface area is 143 Å². The Morgan fingerprint density at radius 3 is 2.33 bits per heavy atom. The van der Waals surface area contributed by atoms with Crippen molar-refractivity contribution in [3.8, 4) is 0 Å². The number of sulfonamides is 1. The first-order chi connectivity index (χ1) is 11.1. The molecule has 1 fully saturated rings. The molecule has 2 rings (SSSR count). The molecule has 3 N–H and O–H groups in total. The van der Waals surface area contributed by atoms with Crippen molar-refractivity contribution in [2.24, 2.45) is 0 Å². The standard InChI is InChI=1S/C17H26N2O4S/c1-17(2,3)19-24(22,23)13-9-10-15(14(11-13)16(20)21)18-12-7-5-4-6-8-12/h9-12,18-19H,4-8H2,1-3H3,(H,20,21). The summed E-state index contributed by atoms with van der Waals surface area (Å²) in [5.41, 5.74) is -0.178. The summed E-state index contributed by atoms with van der Waals surface area (Å²) in [6, 6.07) is 4.47. The molecule has 0 spiro atoms. The van der Waals surface area contributed by atoms with E-state index in [9.17, 15) is 18.3 Å². The van der Waals surface area contributed by atoms with Gasteiger partial charge in [0.2, 0.25) is 10.0 Å².